The number of rotatable bonds is 5. The van der Waals surface area contributed by atoms with Gasteiger partial charge in [0.2, 0.25) is 5.91 Å². The molecule has 116 valence electrons. The highest BCUT2D eigenvalue weighted by Gasteiger charge is 2.13. The molecule has 0 saturated heterocycles. The van der Waals surface area contributed by atoms with Gasteiger partial charge in [0, 0.05) is 5.69 Å². The molecule has 0 aliphatic heterocycles. The van der Waals surface area contributed by atoms with Crippen LogP contribution in [0, 0.1) is 5.82 Å². The number of benzene rings is 2. The van der Waals surface area contributed by atoms with E-state index in [1.165, 1.54) is 6.07 Å². The van der Waals surface area contributed by atoms with E-state index in [2.05, 4.69) is 15.5 Å². The number of anilines is 1. The molecule has 1 aromatic heterocycles. The van der Waals surface area contributed by atoms with E-state index in [-0.39, 0.29) is 28.3 Å². The second-order valence-corrected chi connectivity index (χ2v) is 5.48. The molecule has 23 heavy (non-hydrogen) atoms. The summed E-state index contributed by atoms with van der Waals surface area (Å²) in [5.41, 5.74) is 0.955. The number of thioether (sulfide) groups is 1. The van der Waals surface area contributed by atoms with Crippen LogP contribution < -0.4 is 5.32 Å². The zero-order valence-corrected chi connectivity index (χ0v) is 12.7. The molecular formula is C16H12FN3O2S. The Hall–Kier alpha value is -2.67. The molecule has 0 radical (unpaired) electrons. The number of aromatic nitrogens is 2. The topological polar surface area (TPSA) is 68.0 Å². The van der Waals surface area contributed by atoms with Gasteiger partial charge >= 0.3 is 0 Å². The van der Waals surface area contributed by atoms with Crippen LogP contribution in [0.15, 0.2) is 64.2 Å². The Kier molecular flexibility index (Phi) is 4.68. The predicted molar refractivity (Wildman–Crippen MR) is 85.5 cm³/mol. The van der Waals surface area contributed by atoms with Crippen LogP contribution in [0.3, 0.4) is 0 Å². The SMILES string of the molecule is O=C(CSc1nnc(-c2ccccc2F)o1)Nc1ccccc1. The summed E-state index contributed by atoms with van der Waals surface area (Å²) < 4.78 is 19.0. The first-order chi connectivity index (χ1) is 11.2. The normalized spacial score (nSPS) is 10.5. The van der Waals surface area contributed by atoms with Crippen molar-refractivity contribution in [3.8, 4) is 11.5 Å². The molecule has 0 bridgehead atoms. The lowest BCUT2D eigenvalue weighted by Gasteiger charge is -2.02. The third kappa shape index (κ3) is 3.95. The van der Waals surface area contributed by atoms with Crippen molar-refractivity contribution in [2.24, 2.45) is 0 Å². The Morgan fingerprint density at radius 2 is 1.83 bits per heavy atom. The fourth-order valence-corrected chi connectivity index (χ4v) is 2.42. The van der Waals surface area contributed by atoms with Crippen LogP contribution >= 0.6 is 11.8 Å². The molecule has 1 N–H and O–H groups in total. The van der Waals surface area contributed by atoms with E-state index in [0.717, 1.165) is 17.4 Å². The smallest absolute Gasteiger partial charge is 0.277 e. The van der Waals surface area contributed by atoms with Crippen LogP contribution in [0.4, 0.5) is 10.1 Å². The van der Waals surface area contributed by atoms with E-state index >= 15 is 0 Å². The summed E-state index contributed by atoms with van der Waals surface area (Å²) in [6, 6.07) is 15.3. The first kappa shape index (κ1) is 15.2. The third-order valence-corrected chi connectivity index (χ3v) is 3.71. The molecule has 5 nitrogen and oxygen atoms in total. The fraction of sp³-hybridized carbons (Fsp3) is 0.0625. The Bertz CT molecular complexity index is 808. The lowest BCUT2D eigenvalue weighted by Crippen LogP contribution is -2.13. The van der Waals surface area contributed by atoms with Crippen molar-refractivity contribution in [1.29, 1.82) is 0 Å². The Morgan fingerprint density at radius 1 is 1.09 bits per heavy atom. The van der Waals surface area contributed by atoms with E-state index in [4.69, 9.17) is 4.42 Å². The molecule has 0 aliphatic rings. The number of carbonyl (C=O) groups is 1. The van der Waals surface area contributed by atoms with Crippen molar-refractivity contribution in [1.82, 2.24) is 10.2 Å². The molecule has 3 rings (SSSR count). The molecular weight excluding hydrogens is 317 g/mol. The molecule has 0 fully saturated rings. The number of nitrogens with zero attached hydrogens (tertiary/aromatic N) is 2. The Labute approximate surface area is 135 Å². The van der Waals surface area contributed by atoms with Crippen molar-refractivity contribution in [2.45, 2.75) is 5.22 Å². The fourth-order valence-electron chi connectivity index (χ4n) is 1.86. The van der Waals surface area contributed by atoms with Gasteiger partial charge in [0.1, 0.15) is 5.82 Å². The summed E-state index contributed by atoms with van der Waals surface area (Å²) in [5.74, 6) is -0.413. The van der Waals surface area contributed by atoms with E-state index in [0.29, 0.717) is 0 Å². The van der Waals surface area contributed by atoms with Crippen molar-refractivity contribution in [3.63, 3.8) is 0 Å². The van der Waals surface area contributed by atoms with E-state index in [1.54, 1.807) is 30.3 Å². The summed E-state index contributed by atoms with van der Waals surface area (Å²) in [5, 5.41) is 10.6. The maximum absolute atomic E-state index is 13.6. The summed E-state index contributed by atoms with van der Waals surface area (Å²) >= 11 is 1.09. The molecule has 0 atom stereocenters. The molecule has 0 saturated carbocycles. The molecule has 7 heteroatoms. The lowest BCUT2D eigenvalue weighted by atomic mass is 10.2. The molecule has 2 aromatic carbocycles. The Morgan fingerprint density at radius 3 is 2.61 bits per heavy atom. The standard InChI is InChI=1S/C16H12FN3O2S/c17-13-9-5-4-8-12(13)15-19-20-16(22-15)23-10-14(21)18-11-6-2-1-3-7-11/h1-9H,10H2,(H,18,21). The summed E-state index contributed by atoms with van der Waals surface area (Å²) in [6.45, 7) is 0. The minimum absolute atomic E-state index is 0.0917. The number of nitrogens with one attached hydrogen (secondary N) is 1. The minimum Gasteiger partial charge on any atom is -0.411 e. The van der Waals surface area contributed by atoms with Gasteiger partial charge in [-0.2, -0.15) is 0 Å². The number of amides is 1. The Balaban J connectivity index is 1.59. The van der Waals surface area contributed by atoms with Gasteiger partial charge in [-0.1, -0.05) is 42.1 Å². The van der Waals surface area contributed by atoms with E-state index < -0.39 is 5.82 Å². The highest BCUT2D eigenvalue weighted by Crippen LogP contribution is 2.25. The number of hydrogen-bond acceptors (Lipinski definition) is 5. The van der Waals surface area contributed by atoms with Gasteiger partial charge in [-0.25, -0.2) is 4.39 Å². The maximum atomic E-state index is 13.6. The van der Waals surface area contributed by atoms with E-state index in [1.807, 2.05) is 18.2 Å². The van der Waals surface area contributed by atoms with Gasteiger partial charge in [-0.05, 0) is 24.3 Å². The van der Waals surface area contributed by atoms with Crippen molar-refractivity contribution in [3.05, 3.63) is 60.4 Å². The van der Waals surface area contributed by atoms with Crippen molar-refractivity contribution < 1.29 is 13.6 Å². The van der Waals surface area contributed by atoms with Crippen LogP contribution in [0.5, 0.6) is 0 Å². The summed E-state index contributed by atoms with van der Waals surface area (Å²) in [6.07, 6.45) is 0. The molecule has 3 aromatic rings. The monoisotopic (exact) mass is 329 g/mol. The molecule has 0 spiro atoms. The largest absolute Gasteiger partial charge is 0.411 e. The molecule has 0 unspecified atom stereocenters. The van der Waals surface area contributed by atoms with E-state index in [9.17, 15) is 9.18 Å². The maximum Gasteiger partial charge on any atom is 0.277 e. The van der Waals surface area contributed by atoms with Crippen molar-refractivity contribution >= 4 is 23.4 Å². The first-order valence-electron chi connectivity index (χ1n) is 6.78. The number of halogens is 1. The minimum atomic E-state index is -0.436. The van der Waals surface area contributed by atoms with Gasteiger partial charge in [-0.15, -0.1) is 10.2 Å². The zero-order valence-electron chi connectivity index (χ0n) is 11.9. The average molecular weight is 329 g/mol. The van der Waals surface area contributed by atoms with Crippen LogP contribution in [-0.4, -0.2) is 21.9 Å². The van der Waals surface area contributed by atoms with Gasteiger partial charge in [0.15, 0.2) is 0 Å². The van der Waals surface area contributed by atoms with Crippen LogP contribution in [0.1, 0.15) is 0 Å². The summed E-state index contributed by atoms with van der Waals surface area (Å²) in [7, 11) is 0. The predicted octanol–water partition coefficient (Wildman–Crippen LogP) is 3.61. The molecule has 0 aliphatic carbocycles. The molecule has 1 amide bonds. The zero-order chi connectivity index (χ0) is 16.1. The lowest BCUT2D eigenvalue weighted by molar-refractivity contribution is -0.113. The van der Waals surface area contributed by atoms with Crippen LogP contribution in [0.2, 0.25) is 0 Å². The number of hydrogen-bond donors (Lipinski definition) is 1. The molecule has 1 heterocycles. The van der Waals surface area contributed by atoms with Gasteiger partial charge in [0.05, 0.1) is 11.3 Å². The van der Waals surface area contributed by atoms with Gasteiger partial charge in [0.25, 0.3) is 11.1 Å². The quantitative estimate of drug-likeness (QED) is 0.724. The van der Waals surface area contributed by atoms with Crippen LogP contribution in [0.25, 0.3) is 11.5 Å². The third-order valence-electron chi connectivity index (χ3n) is 2.90. The second-order valence-electron chi connectivity index (χ2n) is 4.56. The average Bonchev–Trinajstić information content (AvgIpc) is 3.03. The van der Waals surface area contributed by atoms with Crippen molar-refractivity contribution in [2.75, 3.05) is 11.1 Å². The number of carbonyl (C=O) groups excluding carboxylic acids is 1. The van der Waals surface area contributed by atoms with Gasteiger partial charge in [-0.3, -0.25) is 4.79 Å². The highest BCUT2D eigenvalue weighted by atomic mass is 32.2. The highest BCUT2D eigenvalue weighted by molar-refractivity contribution is 7.99. The summed E-state index contributed by atoms with van der Waals surface area (Å²) in [4.78, 5) is 11.8. The first-order valence-corrected chi connectivity index (χ1v) is 7.77. The second kappa shape index (κ2) is 7.06. The van der Waals surface area contributed by atoms with Crippen LogP contribution in [-0.2, 0) is 4.79 Å². The van der Waals surface area contributed by atoms with Gasteiger partial charge < -0.3 is 9.73 Å². The number of para-hydroxylation sites is 1.